The van der Waals surface area contributed by atoms with Crippen LogP contribution in [0.3, 0.4) is 0 Å². The van der Waals surface area contributed by atoms with E-state index in [1.165, 1.54) is 70.6 Å². The van der Waals surface area contributed by atoms with E-state index in [4.69, 9.17) is 4.18 Å². The van der Waals surface area contributed by atoms with E-state index in [1.807, 2.05) is 0 Å². The molecule has 0 atom stereocenters. The topological polar surface area (TPSA) is 43.4 Å². The van der Waals surface area contributed by atoms with E-state index < -0.39 is 10.1 Å². The fourth-order valence-electron chi connectivity index (χ4n) is 2.94. The van der Waals surface area contributed by atoms with Crippen molar-refractivity contribution < 1.29 is 32.9 Å². The molecule has 0 saturated heterocycles. The van der Waals surface area contributed by atoms with Crippen LogP contribution in [-0.4, -0.2) is 15.0 Å². The van der Waals surface area contributed by atoms with Crippen molar-refractivity contribution in [3.8, 4) is 0 Å². The van der Waals surface area contributed by atoms with Gasteiger partial charge in [0.25, 0.3) is 10.1 Å². The van der Waals surface area contributed by atoms with Gasteiger partial charge < -0.3 is 1.43 Å². The van der Waals surface area contributed by atoms with Crippen LogP contribution in [-0.2, 0) is 14.3 Å². The molecule has 1 rings (SSSR count). The molecule has 5 heteroatoms. The first-order valence-electron chi connectivity index (χ1n) is 10.1. The second kappa shape index (κ2) is 16.9. The number of hydrogen-bond acceptors (Lipinski definition) is 3. The van der Waals surface area contributed by atoms with E-state index in [0.717, 1.165) is 12.8 Å². The van der Waals surface area contributed by atoms with Gasteiger partial charge in [-0.25, -0.2) is 0 Å². The summed E-state index contributed by atoms with van der Waals surface area (Å²) in [7, 11) is -3.58. The smallest absolute Gasteiger partial charge is 1.00 e. The standard InChI is InChI=1S/C21H36O3S.Li.H/c1-2-3-4-5-6-7-8-9-10-11-12-13-17-20-24-25(22,23)21-18-15-14-16-19-21;;/h14-16,18-19H,2-13,17,20H2,1H3;;/q;+1;-1. The molecule has 0 aliphatic carbocycles. The summed E-state index contributed by atoms with van der Waals surface area (Å²) in [5.41, 5.74) is 0. The predicted molar refractivity (Wildman–Crippen MR) is 106 cm³/mol. The van der Waals surface area contributed by atoms with Crippen molar-refractivity contribution >= 4 is 10.1 Å². The van der Waals surface area contributed by atoms with E-state index in [1.54, 1.807) is 30.3 Å². The van der Waals surface area contributed by atoms with Crippen LogP contribution < -0.4 is 18.9 Å². The van der Waals surface area contributed by atoms with E-state index in [2.05, 4.69) is 6.92 Å². The van der Waals surface area contributed by atoms with Gasteiger partial charge in [0.2, 0.25) is 0 Å². The SMILES string of the molecule is CCCCCCCCCCCCCCCOS(=O)(=O)c1ccccc1.[H-].[Li+]. The summed E-state index contributed by atoms with van der Waals surface area (Å²) in [6, 6.07) is 8.35. The molecule has 0 N–H and O–H groups in total. The van der Waals surface area contributed by atoms with Crippen molar-refractivity contribution in [3.05, 3.63) is 30.3 Å². The first-order chi connectivity index (χ1) is 12.2. The number of unbranched alkanes of at least 4 members (excludes halogenated alkanes) is 12. The fourth-order valence-corrected chi connectivity index (χ4v) is 3.91. The first kappa shape index (κ1) is 25.7. The zero-order valence-corrected chi connectivity index (χ0v) is 17.7. The summed E-state index contributed by atoms with van der Waals surface area (Å²) in [4.78, 5) is 0.240. The number of benzene rings is 1. The average Bonchev–Trinajstić information content (AvgIpc) is 2.63. The van der Waals surface area contributed by atoms with Gasteiger partial charge in [0.05, 0.1) is 11.5 Å². The predicted octanol–water partition coefficient (Wildman–Crippen LogP) is 3.60. The van der Waals surface area contributed by atoms with Crippen molar-refractivity contribution in [2.75, 3.05) is 6.61 Å². The van der Waals surface area contributed by atoms with Crippen molar-refractivity contribution in [1.82, 2.24) is 0 Å². The minimum Gasteiger partial charge on any atom is -1.00 e. The minimum atomic E-state index is -3.58. The van der Waals surface area contributed by atoms with E-state index in [0.29, 0.717) is 0 Å². The molecule has 0 aromatic heterocycles. The van der Waals surface area contributed by atoms with Crippen molar-refractivity contribution in [2.45, 2.75) is 95.3 Å². The van der Waals surface area contributed by atoms with Gasteiger partial charge in [0.15, 0.2) is 0 Å². The third-order valence-corrected chi connectivity index (χ3v) is 5.84. The van der Waals surface area contributed by atoms with Crippen LogP contribution in [0.4, 0.5) is 0 Å². The van der Waals surface area contributed by atoms with E-state index >= 15 is 0 Å². The molecule has 26 heavy (non-hydrogen) atoms. The molecule has 0 bridgehead atoms. The molecule has 0 fully saturated rings. The molecule has 0 amide bonds. The van der Waals surface area contributed by atoms with Crippen LogP contribution in [0, 0.1) is 0 Å². The van der Waals surface area contributed by atoms with E-state index in [-0.39, 0.29) is 31.8 Å². The molecular weight excluding hydrogens is 339 g/mol. The molecule has 0 saturated carbocycles. The third-order valence-electron chi connectivity index (χ3n) is 4.52. The Morgan fingerprint density at radius 3 is 1.62 bits per heavy atom. The van der Waals surface area contributed by atoms with Gasteiger partial charge in [-0.3, -0.25) is 4.18 Å². The Hall–Kier alpha value is -0.273. The van der Waals surface area contributed by atoms with Gasteiger partial charge in [-0.1, -0.05) is 102 Å². The Morgan fingerprint density at radius 2 is 1.15 bits per heavy atom. The van der Waals surface area contributed by atoms with Crippen molar-refractivity contribution in [2.24, 2.45) is 0 Å². The van der Waals surface area contributed by atoms with E-state index in [9.17, 15) is 8.42 Å². The van der Waals surface area contributed by atoms with Crippen LogP contribution in [0.15, 0.2) is 35.2 Å². The molecule has 0 aliphatic heterocycles. The van der Waals surface area contributed by atoms with Gasteiger partial charge >= 0.3 is 18.9 Å². The normalized spacial score (nSPS) is 11.3. The molecular formula is C21H37LiO3S. The maximum atomic E-state index is 11.9. The van der Waals surface area contributed by atoms with Crippen molar-refractivity contribution in [1.29, 1.82) is 0 Å². The molecule has 3 nitrogen and oxygen atoms in total. The Labute approximate surface area is 175 Å². The Balaban J connectivity index is 0. The quantitative estimate of drug-likeness (QED) is 0.251. The summed E-state index contributed by atoms with van der Waals surface area (Å²) >= 11 is 0. The summed E-state index contributed by atoms with van der Waals surface area (Å²) < 4.78 is 28.9. The summed E-state index contributed by atoms with van der Waals surface area (Å²) in [5, 5.41) is 0. The Morgan fingerprint density at radius 1 is 0.731 bits per heavy atom. The molecule has 1 aromatic rings. The van der Waals surface area contributed by atoms with Crippen LogP contribution in [0.2, 0.25) is 0 Å². The maximum absolute atomic E-state index is 11.9. The second-order valence-corrected chi connectivity index (χ2v) is 8.45. The van der Waals surface area contributed by atoms with Gasteiger partial charge in [0.1, 0.15) is 0 Å². The number of hydrogen-bond donors (Lipinski definition) is 0. The summed E-state index contributed by atoms with van der Waals surface area (Å²) in [5.74, 6) is 0. The molecule has 0 spiro atoms. The van der Waals surface area contributed by atoms with Crippen LogP contribution in [0.25, 0.3) is 0 Å². The second-order valence-electron chi connectivity index (χ2n) is 6.83. The zero-order valence-electron chi connectivity index (χ0n) is 17.9. The van der Waals surface area contributed by atoms with Crippen LogP contribution in [0.1, 0.15) is 91.8 Å². The average molecular weight is 377 g/mol. The monoisotopic (exact) mass is 376 g/mol. The Kier molecular flexibility index (Phi) is 16.7. The number of rotatable bonds is 16. The molecule has 0 radical (unpaired) electrons. The van der Waals surface area contributed by atoms with Crippen molar-refractivity contribution in [3.63, 3.8) is 0 Å². The Bertz CT molecular complexity index is 523. The first-order valence-corrected chi connectivity index (χ1v) is 11.5. The van der Waals surface area contributed by atoms with Gasteiger partial charge in [-0.2, -0.15) is 8.42 Å². The van der Waals surface area contributed by atoms with Gasteiger partial charge in [-0.05, 0) is 18.6 Å². The molecule has 1 aromatic carbocycles. The third kappa shape index (κ3) is 13.0. The van der Waals surface area contributed by atoms with Gasteiger partial charge in [-0.15, -0.1) is 0 Å². The molecule has 0 unspecified atom stereocenters. The van der Waals surface area contributed by atoms with Crippen LogP contribution in [0.5, 0.6) is 0 Å². The maximum Gasteiger partial charge on any atom is 1.00 e. The zero-order chi connectivity index (χ0) is 18.2. The minimum absolute atomic E-state index is 0. The summed E-state index contributed by atoms with van der Waals surface area (Å²) in [6.45, 7) is 2.54. The molecule has 0 aliphatic rings. The van der Waals surface area contributed by atoms with Gasteiger partial charge in [0, 0.05) is 0 Å². The summed E-state index contributed by atoms with van der Waals surface area (Å²) in [6.07, 6.45) is 16.6. The van der Waals surface area contributed by atoms with Crippen LogP contribution >= 0.6 is 0 Å². The molecule has 146 valence electrons. The fraction of sp³-hybridized carbons (Fsp3) is 0.714. The molecule has 0 heterocycles. The largest absolute Gasteiger partial charge is 1.00 e.